The molecule has 2 rings (SSSR count). The predicted molar refractivity (Wildman–Crippen MR) is 97.4 cm³/mol. The summed E-state index contributed by atoms with van der Waals surface area (Å²) < 4.78 is 1.09. The van der Waals surface area contributed by atoms with Crippen molar-refractivity contribution < 1.29 is 4.79 Å². The van der Waals surface area contributed by atoms with Gasteiger partial charge in [-0.05, 0) is 56.6 Å². The molecular formula is C17H25BrN2OS. The van der Waals surface area contributed by atoms with Gasteiger partial charge in [0.15, 0.2) is 0 Å². The van der Waals surface area contributed by atoms with Crippen molar-refractivity contribution in [3.63, 3.8) is 0 Å². The van der Waals surface area contributed by atoms with E-state index < -0.39 is 0 Å². The number of hydrogen-bond donors (Lipinski definition) is 1. The minimum absolute atomic E-state index is 0.318. The van der Waals surface area contributed by atoms with E-state index in [9.17, 15) is 4.79 Å². The molecule has 22 heavy (non-hydrogen) atoms. The minimum atomic E-state index is 0.318. The highest BCUT2D eigenvalue weighted by Gasteiger charge is 2.24. The summed E-state index contributed by atoms with van der Waals surface area (Å²) in [6, 6.07) is 8.71. The van der Waals surface area contributed by atoms with E-state index in [1.807, 2.05) is 12.1 Å². The number of benzene rings is 1. The Labute approximate surface area is 146 Å². The normalized spacial score (nSPS) is 15.7. The Hall–Kier alpha value is -0.520. The van der Waals surface area contributed by atoms with Crippen molar-refractivity contribution in [1.29, 1.82) is 0 Å². The van der Waals surface area contributed by atoms with Crippen molar-refractivity contribution in [2.75, 3.05) is 25.4 Å². The van der Waals surface area contributed by atoms with Crippen LogP contribution in [0.3, 0.4) is 0 Å². The van der Waals surface area contributed by atoms with Gasteiger partial charge in [-0.2, -0.15) is 0 Å². The Bertz CT molecular complexity index is 460. The molecule has 1 heterocycles. The van der Waals surface area contributed by atoms with Gasteiger partial charge in [-0.15, -0.1) is 11.8 Å². The van der Waals surface area contributed by atoms with Gasteiger partial charge in [0, 0.05) is 34.1 Å². The fourth-order valence-electron chi connectivity index (χ4n) is 2.80. The second-order valence-corrected chi connectivity index (χ2v) is 7.70. The third-order valence-electron chi connectivity index (χ3n) is 3.93. The number of carbonyl (C=O) groups is 1. The van der Waals surface area contributed by atoms with Gasteiger partial charge < -0.3 is 10.2 Å². The molecule has 0 bridgehead atoms. The maximum Gasteiger partial charge on any atom is 0.223 e. The van der Waals surface area contributed by atoms with Crippen LogP contribution in [0.15, 0.2) is 33.6 Å². The van der Waals surface area contributed by atoms with Crippen LogP contribution in [0, 0.1) is 0 Å². The van der Waals surface area contributed by atoms with Gasteiger partial charge >= 0.3 is 0 Å². The first-order chi connectivity index (χ1) is 10.7. The van der Waals surface area contributed by atoms with Crippen molar-refractivity contribution in [2.45, 2.75) is 43.5 Å². The van der Waals surface area contributed by atoms with E-state index in [2.05, 4.69) is 45.2 Å². The molecule has 1 saturated heterocycles. The van der Waals surface area contributed by atoms with E-state index in [0.29, 0.717) is 18.4 Å². The second kappa shape index (κ2) is 9.58. The summed E-state index contributed by atoms with van der Waals surface area (Å²) in [6.45, 7) is 5.11. The van der Waals surface area contributed by atoms with Crippen molar-refractivity contribution >= 4 is 33.6 Å². The largest absolute Gasteiger partial charge is 0.340 e. The van der Waals surface area contributed by atoms with Gasteiger partial charge in [-0.3, -0.25) is 4.79 Å². The van der Waals surface area contributed by atoms with E-state index in [0.717, 1.165) is 49.1 Å². The minimum Gasteiger partial charge on any atom is -0.340 e. The number of thioether (sulfide) groups is 1. The highest BCUT2D eigenvalue weighted by Crippen LogP contribution is 2.22. The van der Waals surface area contributed by atoms with Gasteiger partial charge in [0.05, 0.1) is 0 Å². The monoisotopic (exact) mass is 384 g/mol. The van der Waals surface area contributed by atoms with Crippen LogP contribution in [0.25, 0.3) is 0 Å². The van der Waals surface area contributed by atoms with Crippen molar-refractivity contribution in [1.82, 2.24) is 10.2 Å². The summed E-state index contributed by atoms with van der Waals surface area (Å²) in [5.41, 5.74) is 0. The molecule has 0 spiro atoms. The maximum absolute atomic E-state index is 12.6. The lowest BCUT2D eigenvalue weighted by atomic mass is 10.0. The van der Waals surface area contributed by atoms with Crippen LogP contribution in [-0.2, 0) is 4.79 Å². The Balaban J connectivity index is 1.81. The van der Waals surface area contributed by atoms with Crippen LogP contribution in [0.4, 0.5) is 0 Å². The molecule has 0 aromatic heterocycles. The molecule has 0 atom stereocenters. The van der Waals surface area contributed by atoms with Crippen LogP contribution in [0.5, 0.6) is 0 Å². The molecule has 1 amide bonds. The van der Waals surface area contributed by atoms with Crippen LogP contribution in [0.2, 0.25) is 0 Å². The van der Waals surface area contributed by atoms with Crippen LogP contribution < -0.4 is 5.32 Å². The molecule has 3 nitrogen and oxygen atoms in total. The summed E-state index contributed by atoms with van der Waals surface area (Å²) in [6.07, 6.45) is 3.84. The van der Waals surface area contributed by atoms with Crippen LogP contribution in [-0.4, -0.2) is 42.2 Å². The number of rotatable bonds is 7. The molecular weight excluding hydrogens is 360 g/mol. The zero-order chi connectivity index (χ0) is 15.8. The third kappa shape index (κ3) is 5.60. The summed E-state index contributed by atoms with van der Waals surface area (Å²) in [7, 11) is 0. The number of piperidine rings is 1. The van der Waals surface area contributed by atoms with Crippen molar-refractivity contribution in [3.05, 3.63) is 28.7 Å². The molecule has 0 saturated carbocycles. The van der Waals surface area contributed by atoms with Gasteiger partial charge in [0.1, 0.15) is 0 Å². The summed E-state index contributed by atoms with van der Waals surface area (Å²) in [4.78, 5) is 15.9. The van der Waals surface area contributed by atoms with Crippen LogP contribution >= 0.6 is 27.7 Å². The van der Waals surface area contributed by atoms with E-state index >= 15 is 0 Å². The lowest BCUT2D eigenvalue weighted by Crippen LogP contribution is -2.46. The average Bonchev–Trinajstić information content (AvgIpc) is 2.55. The quantitative estimate of drug-likeness (QED) is 0.722. The smallest absolute Gasteiger partial charge is 0.223 e. The second-order valence-electron chi connectivity index (χ2n) is 5.62. The molecule has 1 N–H and O–H groups in total. The first-order valence-corrected chi connectivity index (χ1v) is 9.87. The third-order valence-corrected chi connectivity index (χ3v) is 5.48. The summed E-state index contributed by atoms with van der Waals surface area (Å²) in [5.74, 6) is 1.17. The molecule has 0 aliphatic carbocycles. The average molecular weight is 385 g/mol. The number of carbonyl (C=O) groups excluding carboxylic acids is 1. The number of nitrogens with zero attached hydrogens (tertiary/aromatic N) is 1. The van der Waals surface area contributed by atoms with Crippen LogP contribution in [0.1, 0.15) is 32.6 Å². The fourth-order valence-corrected chi connectivity index (χ4v) is 3.91. The maximum atomic E-state index is 12.6. The van der Waals surface area contributed by atoms with Gasteiger partial charge in [0.2, 0.25) is 5.91 Å². The molecule has 122 valence electrons. The molecule has 5 heteroatoms. The predicted octanol–water partition coefficient (Wildman–Crippen LogP) is 3.92. The van der Waals surface area contributed by atoms with E-state index in [-0.39, 0.29) is 0 Å². The molecule has 0 unspecified atom stereocenters. The SMILES string of the molecule is CCCN(C(=O)CCSc1ccc(Br)cc1)C1CCNCC1. The summed E-state index contributed by atoms with van der Waals surface area (Å²) in [5, 5.41) is 3.37. The van der Waals surface area contributed by atoms with Crippen molar-refractivity contribution in [3.8, 4) is 0 Å². The lowest BCUT2D eigenvalue weighted by molar-refractivity contribution is -0.133. The van der Waals surface area contributed by atoms with Gasteiger partial charge in [-0.25, -0.2) is 0 Å². The van der Waals surface area contributed by atoms with Gasteiger partial charge in [0.25, 0.3) is 0 Å². The topological polar surface area (TPSA) is 32.3 Å². The number of halogens is 1. The first kappa shape index (κ1) is 17.8. The van der Waals surface area contributed by atoms with E-state index in [1.54, 1.807) is 11.8 Å². The highest BCUT2D eigenvalue weighted by atomic mass is 79.9. The fraction of sp³-hybridized carbons (Fsp3) is 0.588. The first-order valence-electron chi connectivity index (χ1n) is 8.09. The molecule has 0 radical (unpaired) electrons. The highest BCUT2D eigenvalue weighted by molar-refractivity contribution is 9.10. The molecule has 1 aromatic carbocycles. The standard InChI is InChI=1S/C17H25BrN2OS/c1-2-12-20(15-7-10-19-11-8-15)17(21)9-13-22-16-5-3-14(18)4-6-16/h3-6,15,19H,2,7-13H2,1H3. The zero-order valence-corrected chi connectivity index (χ0v) is 15.6. The molecule has 1 aliphatic rings. The molecule has 1 fully saturated rings. The van der Waals surface area contributed by atoms with E-state index in [4.69, 9.17) is 0 Å². The molecule has 1 aromatic rings. The van der Waals surface area contributed by atoms with Crippen molar-refractivity contribution in [2.24, 2.45) is 0 Å². The Morgan fingerprint density at radius 1 is 1.32 bits per heavy atom. The number of nitrogens with one attached hydrogen (secondary N) is 1. The number of hydrogen-bond acceptors (Lipinski definition) is 3. The lowest BCUT2D eigenvalue weighted by Gasteiger charge is -2.34. The molecule has 1 aliphatic heterocycles. The number of amides is 1. The zero-order valence-electron chi connectivity index (χ0n) is 13.2. The van der Waals surface area contributed by atoms with E-state index in [1.165, 1.54) is 4.90 Å². The Kier molecular flexibility index (Phi) is 7.76. The Morgan fingerprint density at radius 3 is 2.64 bits per heavy atom. The van der Waals surface area contributed by atoms with Gasteiger partial charge in [-0.1, -0.05) is 22.9 Å². The summed E-state index contributed by atoms with van der Waals surface area (Å²) >= 11 is 5.20. The Morgan fingerprint density at radius 2 is 2.00 bits per heavy atom.